The third-order valence-electron chi connectivity index (χ3n) is 5.09. The fourth-order valence-electron chi connectivity index (χ4n) is 3.39. The number of hydrogen-bond donors (Lipinski definition) is 1. The average molecular weight is 485 g/mol. The van der Waals surface area contributed by atoms with Gasteiger partial charge in [0.1, 0.15) is 13.2 Å². The Morgan fingerprint density at radius 3 is 2.53 bits per heavy atom. The first-order chi connectivity index (χ1) is 16.3. The van der Waals surface area contributed by atoms with Gasteiger partial charge in [0.25, 0.3) is 5.91 Å². The summed E-state index contributed by atoms with van der Waals surface area (Å²) in [6, 6.07) is 12.1. The summed E-state index contributed by atoms with van der Waals surface area (Å²) in [5.41, 5.74) is 3.86. The zero-order chi connectivity index (χ0) is 24.7. The number of carbonyl (C=O) groups excluding carboxylic acids is 3. The van der Waals surface area contributed by atoms with Gasteiger partial charge in [-0.25, -0.2) is 4.79 Å². The lowest BCUT2D eigenvalue weighted by molar-refractivity contribution is -0.127. The minimum Gasteiger partial charge on any atom is -0.472 e. The number of likely N-dealkylation sites (N-methyl/N-ethyl adjacent to an activating group) is 1. The van der Waals surface area contributed by atoms with Crippen LogP contribution in [-0.4, -0.2) is 44.7 Å². The molecule has 2 amide bonds. The number of carbonyl (C=O) groups is 3. The van der Waals surface area contributed by atoms with Crippen molar-refractivity contribution in [2.75, 3.05) is 37.1 Å². The molecule has 3 aromatic rings. The van der Waals surface area contributed by atoms with E-state index in [1.807, 2.05) is 38.1 Å². The summed E-state index contributed by atoms with van der Waals surface area (Å²) in [6.07, 6.45) is 3.23. The highest BCUT2D eigenvalue weighted by Crippen LogP contribution is 2.28. The molecule has 0 spiro atoms. The summed E-state index contributed by atoms with van der Waals surface area (Å²) in [5, 5.41) is 2.90. The highest BCUT2D eigenvalue weighted by molar-refractivity contribution is 6.31. The van der Waals surface area contributed by atoms with Crippen molar-refractivity contribution < 1.29 is 28.3 Å². The summed E-state index contributed by atoms with van der Waals surface area (Å²) in [6.45, 7) is 3.55. The van der Waals surface area contributed by atoms with Gasteiger partial charge in [0.2, 0.25) is 5.91 Å². The van der Waals surface area contributed by atoms with Gasteiger partial charge in [0.05, 0.1) is 30.9 Å². The molecule has 3 rings (SSSR count). The summed E-state index contributed by atoms with van der Waals surface area (Å²) in [5.74, 6) is -1.45. The molecule has 0 aliphatic carbocycles. The smallest absolute Gasteiger partial charge is 0.340 e. The first-order valence-corrected chi connectivity index (χ1v) is 10.9. The number of benzene rings is 2. The average Bonchev–Trinajstić information content (AvgIpc) is 3.36. The second-order valence-corrected chi connectivity index (χ2v) is 7.81. The van der Waals surface area contributed by atoms with Crippen LogP contribution in [0.5, 0.6) is 0 Å². The molecule has 0 bridgehead atoms. The van der Waals surface area contributed by atoms with Crippen LogP contribution in [0, 0.1) is 6.92 Å². The number of aryl methyl sites for hydroxylation is 1. The van der Waals surface area contributed by atoms with Crippen molar-refractivity contribution in [1.82, 2.24) is 0 Å². The maximum atomic E-state index is 12.9. The Kier molecular flexibility index (Phi) is 8.45. The molecule has 0 saturated carbocycles. The molecule has 0 unspecified atom stereocenters. The Bertz CT molecular complexity index is 1180. The predicted molar refractivity (Wildman–Crippen MR) is 129 cm³/mol. The van der Waals surface area contributed by atoms with E-state index in [0.29, 0.717) is 11.6 Å². The number of nitrogens with zero attached hydrogens (tertiary/aromatic N) is 1. The van der Waals surface area contributed by atoms with E-state index in [-0.39, 0.29) is 30.4 Å². The van der Waals surface area contributed by atoms with E-state index in [0.717, 1.165) is 22.4 Å². The molecule has 178 valence electrons. The van der Waals surface area contributed by atoms with Crippen LogP contribution in [0.25, 0.3) is 11.1 Å². The number of nitrogens with one attached hydrogen (secondary N) is 1. The van der Waals surface area contributed by atoms with Crippen LogP contribution in [0.15, 0.2) is 59.4 Å². The largest absolute Gasteiger partial charge is 0.472 e. The molecule has 1 aromatic heterocycles. The lowest BCUT2D eigenvalue weighted by atomic mass is 10.0. The standard InChI is InChI=1S/C25H25ClN2O6/c1-4-28(22-11-17(6-5-16(22)2)18-9-10-33-13-18)24(30)15-34-14-23(29)27-21-8-7-19(26)12-20(21)25(31)32-3/h5-13H,4,14-15H2,1-3H3,(H,27,29). The van der Waals surface area contributed by atoms with E-state index in [2.05, 4.69) is 5.32 Å². The van der Waals surface area contributed by atoms with Crippen LogP contribution in [0.2, 0.25) is 5.02 Å². The molecule has 1 heterocycles. The monoisotopic (exact) mass is 484 g/mol. The van der Waals surface area contributed by atoms with Gasteiger partial charge in [-0.1, -0.05) is 23.7 Å². The SMILES string of the molecule is CCN(C(=O)COCC(=O)Nc1ccc(Cl)cc1C(=O)OC)c1cc(-c2ccoc2)ccc1C. The Labute approximate surface area is 202 Å². The van der Waals surface area contributed by atoms with Gasteiger partial charge in [-0.05, 0) is 55.3 Å². The van der Waals surface area contributed by atoms with Crippen LogP contribution >= 0.6 is 11.6 Å². The number of methoxy groups -OCH3 is 1. The number of hydrogen-bond acceptors (Lipinski definition) is 6. The van der Waals surface area contributed by atoms with E-state index in [4.69, 9.17) is 25.5 Å². The topological polar surface area (TPSA) is 98.1 Å². The zero-order valence-corrected chi connectivity index (χ0v) is 19.8. The number of halogens is 1. The van der Waals surface area contributed by atoms with Crippen LogP contribution < -0.4 is 10.2 Å². The van der Waals surface area contributed by atoms with Crippen LogP contribution in [0.4, 0.5) is 11.4 Å². The summed E-state index contributed by atoms with van der Waals surface area (Å²) >= 11 is 5.92. The molecule has 1 N–H and O–H groups in total. The van der Waals surface area contributed by atoms with Gasteiger partial charge < -0.3 is 24.1 Å². The van der Waals surface area contributed by atoms with Crippen LogP contribution in [-0.2, 0) is 19.1 Å². The lowest BCUT2D eigenvalue weighted by Gasteiger charge is -2.23. The minimum absolute atomic E-state index is 0.115. The molecule has 0 fully saturated rings. The van der Waals surface area contributed by atoms with Gasteiger partial charge in [-0.2, -0.15) is 0 Å². The van der Waals surface area contributed by atoms with Crippen molar-refractivity contribution in [3.05, 3.63) is 71.1 Å². The highest BCUT2D eigenvalue weighted by Gasteiger charge is 2.19. The molecule has 2 aromatic carbocycles. The molecule has 0 radical (unpaired) electrons. The van der Waals surface area contributed by atoms with E-state index in [1.165, 1.54) is 25.3 Å². The number of ether oxygens (including phenoxy) is 2. The predicted octanol–water partition coefficient (Wildman–Crippen LogP) is 4.70. The van der Waals surface area contributed by atoms with Gasteiger partial charge >= 0.3 is 5.97 Å². The normalized spacial score (nSPS) is 10.6. The van der Waals surface area contributed by atoms with Crippen molar-refractivity contribution in [3.8, 4) is 11.1 Å². The summed E-state index contributed by atoms with van der Waals surface area (Å²) in [4.78, 5) is 38.7. The number of amides is 2. The number of rotatable bonds is 9. The zero-order valence-electron chi connectivity index (χ0n) is 19.1. The molecule has 0 aliphatic heterocycles. The fraction of sp³-hybridized carbons (Fsp3) is 0.240. The number of anilines is 2. The van der Waals surface area contributed by atoms with Gasteiger partial charge in [-0.15, -0.1) is 0 Å². The van der Waals surface area contributed by atoms with E-state index < -0.39 is 11.9 Å². The molecule has 9 heteroatoms. The van der Waals surface area contributed by atoms with Gasteiger partial charge in [-0.3, -0.25) is 9.59 Å². The lowest BCUT2D eigenvalue weighted by Crippen LogP contribution is -2.35. The van der Waals surface area contributed by atoms with E-state index in [1.54, 1.807) is 17.4 Å². The fourth-order valence-corrected chi connectivity index (χ4v) is 3.56. The van der Waals surface area contributed by atoms with Crippen molar-refractivity contribution in [3.63, 3.8) is 0 Å². The van der Waals surface area contributed by atoms with Gasteiger partial charge in [0, 0.05) is 22.8 Å². The van der Waals surface area contributed by atoms with Crippen molar-refractivity contribution in [1.29, 1.82) is 0 Å². The first-order valence-electron chi connectivity index (χ1n) is 10.5. The Morgan fingerprint density at radius 1 is 1.06 bits per heavy atom. The van der Waals surface area contributed by atoms with E-state index >= 15 is 0 Å². The van der Waals surface area contributed by atoms with E-state index in [9.17, 15) is 14.4 Å². The number of furan rings is 1. The molecular formula is C25H25ClN2O6. The number of esters is 1. The maximum absolute atomic E-state index is 12.9. The maximum Gasteiger partial charge on any atom is 0.340 e. The van der Waals surface area contributed by atoms with Crippen LogP contribution in [0.1, 0.15) is 22.8 Å². The Balaban J connectivity index is 1.62. The quantitative estimate of drug-likeness (QED) is 0.442. The van der Waals surface area contributed by atoms with Crippen LogP contribution in [0.3, 0.4) is 0 Å². The second-order valence-electron chi connectivity index (χ2n) is 7.37. The summed E-state index contributed by atoms with van der Waals surface area (Å²) < 4.78 is 15.2. The van der Waals surface area contributed by atoms with Crippen molar-refractivity contribution in [2.24, 2.45) is 0 Å². The Hall–Kier alpha value is -3.62. The Morgan fingerprint density at radius 2 is 1.85 bits per heavy atom. The molecule has 0 atom stereocenters. The minimum atomic E-state index is -0.638. The third kappa shape index (κ3) is 6.03. The second kappa shape index (κ2) is 11.5. The van der Waals surface area contributed by atoms with Crippen molar-refractivity contribution >= 4 is 40.8 Å². The molecule has 0 saturated heterocycles. The molecule has 8 nitrogen and oxygen atoms in total. The summed E-state index contributed by atoms with van der Waals surface area (Å²) in [7, 11) is 1.23. The third-order valence-corrected chi connectivity index (χ3v) is 5.33. The van der Waals surface area contributed by atoms with Crippen molar-refractivity contribution in [2.45, 2.75) is 13.8 Å². The molecular weight excluding hydrogens is 460 g/mol. The molecule has 0 aliphatic rings. The first kappa shape index (κ1) is 25.0. The highest BCUT2D eigenvalue weighted by atomic mass is 35.5. The van der Waals surface area contributed by atoms with Gasteiger partial charge in [0.15, 0.2) is 0 Å². The molecule has 34 heavy (non-hydrogen) atoms.